The molecule has 0 atom stereocenters. The molecule has 96 valence electrons. The Morgan fingerprint density at radius 1 is 1.17 bits per heavy atom. The smallest absolute Gasteiger partial charge is 0.136 e. The molecule has 0 amide bonds. The maximum Gasteiger partial charge on any atom is 0.136 e. The van der Waals surface area contributed by atoms with Crippen LogP contribution >= 0.6 is 0 Å². The Kier molecular flexibility index (Phi) is 4.15. The summed E-state index contributed by atoms with van der Waals surface area (Å²) in [6.07, 6.45) is 2.89. The van der Waals surface area contributed by atoms with Crippen LogP contribution in [0.2, 0.25) is 0 Å². The Morgan fingerprint density at radius 3 is 2.50 bits per heavy atom. The van der Waals surface area contributed by atoms with E-state index < -0.39 is 0 Å². The van der Waals surface area contributed by atoms with Crippen molar-refractivity contribution in [3.05, 3.63) is 36.0 Å². The van der Waals surface area contributed by atoms with Crippen molar-refractivity contribution >= 4 is 16.6 Å². The molecule has 3 nitrogen and oxygen atoms in total. The Labute approximate surface area is 108 Å². The van der Waals surface area contributed by atoms with Gasteiger partial charge in [-0.15, -0.1) is 0 Å². The third kappa shape index (κ3) is 2.31. The normalized spacial score (nSPS) is 10.8. The summed E-state index contributed by atoms with van der Waals surface area (Å²) in [6.45, 7) is 6.31. The van der Waals surface area contributed by atoms with Crippen LogP contribution in [0.15, 0.2) is 30.5 Å². The highest BCUT2D eigenvalue weighted by atomic mass is 16.3. The minimum Gasteiger partial charge on any atom is -0.392 e. The fourth-order valence-corrected chi connectivity index (χ4v) is 2.30. The van der Waals surface area contributed by atoms with Crippen LogP contribution in [0, 0.1) is 0 Å². The van der Waals surface area contributed by atoms with E-state index in [9.17, 15) is 5.11 Å². The summed E-state index contributed by atoms with van der Waals surface area (Å²) >= 11 is 0. The lowest BCUT2D eigenvalue weighted by Gasteiger charge is -2.23. The monoisotopic (exact) mass is 244 g/mol. The molecule has 0 fully saturated rings. The molecule has 2 rings (SSSR count). The lowest BCUT2D eigenvalue weighted by atomic mass is 10.1. The van der Waals surface area contributed by atoms with Crippen LogP contribution in [0.1, 0.15) is 25.8 Å². The number of rotatable bonds is 5. The lowest BCUT2D eigenvalue weighted by molar-refractivity contribution is 0.283. The summed E-state index contributed by atoms with van der Waals surface area (Å²) in [7, 11) is 0. The van der Waals surface area contributed by atoms with Gasteiger partial charge in [-0.2, -0.15) is 0 Å². The molecule has 0 saturated carbocycles. The minimum atomic E-state index is 0.0354. The van der Waals surface area contributed by atoms with Crippen LogP contribution in [-0.2, 0) is 6.61 Å². The number of aliphatic hydroxyl groups is 1. The van der Waals surface area contributed by atoms with Crippen LogP contribution in [0.25, 0.3) is 10.8 Å². The van der Waals surface area contributed by atoms with Gasteiger partial charge >= 0.3 is 0 Å². The molecule has 18 heavy (non-hydrogen) atoms. The summed E-state index contributed by atoms with van der Waals surface area (Å²) in [4.78, 5) is 6.81. The van der Waals surface area contributed by atoms with E-state index >= 15 is 0 Å². The molecule has 2 aromatic rings. The number of pyridine rings is 1. The van der Waals surface area contributed by atoms with Crippen molar-refractivity contribution in [3.63, 3.8) is 0 Å². The van der Waals surface area contributed by atoms with Gasteiger partial charge in [-0.3, -0.25) is 0 Å². The average Bonchev–Trinajstić information content (AvgIpc) is 2.44. The quantitative estimate of drug-likeness (QED) is 0.878. The molecule has 0 unspecified atom stereocenters. The Bertz CT molecular complexity index is 525. The fraction of sp³-hybridized carbons (Fsp3) is 0.400. The molecule has 1 aromatic heterocycles. The second-order valence-electron chi connectivity index (χ2n) is 4.39. The average molecular weight is 244 g/mol. The second kappa shape index (κ2) is 5.83. The SMILES string of the molecule is CCCN(CC)c1ncc(CO)c2ccccc12. The summed E-state index contributed by atoms with van der Waals surface area (Å²) < 4.78 is 0. The third-order valence-corrected chi connectivity index (χ3v) is 3.20. The van der Waals surface area contributed by atoms with Crippen molar-refractivity contribution < 1.29 is 5.11 Å². The maximum absolute atomic E-state index is 9.37. The fourth-order valence-electron chi connectivity index (χ4n) is 2.30. The van der Waals surface area contributed by atoms with E-state index in [2.05, 4.69) is 29.8 Å². The van der Waals surface area contributed by atoms with Gasteiger partial charge in [-0.25, -0.2) is 4.98 Å². The first-order valence-electron chi connectivity index (χ1n) is 6.54. The first kappa shape index (κ1) is 12.8. The van der Waals surface area contributed by atoms with Crippen LogP contribution in [0.3, 0.4) is 0 Å². The van der Waals surface area contributed by atoms with E-state index in [0.717, 1.165) is 41.7 Å². The van der Waals surface area contributed by atoms with Gasteiger partial charge in [0.25, 0.3) is 0 Å². The Morgan fingerprint density at radius 2 is 1.89 bits per heavy atom. The summed E-state index contributed by atoms with van der Waals surface area (Å²) in [5.41, 5.74) is 0.891. The molecule has 3 heteroatoms. The zero-order valence-corrected chi connectivity index (χ0v) is 11.1. The van der Waals surface area contributed by atoms with Gasteiger partial charge in [0, 0.05) is 30.2 Å². The molecule has 0 radical (unpaired) electrons. The highest BCUT2D eigenvalue weighted by Gasteiger charge is 2.11. The van der Waals surface area contributed by atoms with Gasteiger partial charge in [0.1, 0.15) is 5.82 Å². The van der Waals surface area contributed by atoms with Gasteiger partial charge in [0.2, 0.25) is 0 Å². The van der Waals surface area contributed by atoms with Gasteiger partial charge in [-0.05, 0) is 18.7 Å². The highest BCUT2D eigenvalue weighted by Crippen LogP contribution is 2.27. The lowest BCUT2D eigenvalue weighted by Crippen LogP contribution is -2.24. The molecule has 0 spiro atoms. The van der Waals surface area contributed by atoms with E-state index in [1.807, 2.05) is 18.2 Å². The van der Waals surface area contributed by atoms with Crippen molar-refractivity contribution in [2.45, 2.75) is 26.9 Å². The first-order valence-corrected chi connectivity index (χ1v) is 6.54. The van der Waals surface area contributed by atoms with E-state index in [0.29, 0.717) is 0 Å². The van der Waals surface area contributed by atoms with E-state index in [4.69, 9.17) is 0 Å². The van der Waals surface area contributed by atoms with Crippen LogP contribution < -0.4 is 4.90 Å². The number of aliphatic hydroxyl groups excluding tert-OH is 1. The Hall–Kier alpha value is -1.61. The van der Waals surface area contributed by atoms with E-state index in [-0.39, 0.29) is 6.61 Å². The largest absolute Gasteiger partial charge is 0.392 e. The topological polar surface area (TPSA) is 36.4 Å². The molecular weight excluding hydrogens is 224 g/mol. The molecular formula is C15H20N2O. The Balaban J connectivity index is 2.58. The van der Waals surface area contributed by atoms with Gasteiger partial charge in [0.05, 0.1) is 6.61 Å². The van der Waals surface area contributed by atoms with Crippen LogP contribution in [0.5, 0.6) is 0 Å². The number of hydrogen-bond donors (Lipinski definition) is 1. The van der Waals surface area contributed by atoms with Crippen LogP contribution in [-0.4, -0.2) is 23.2 Å². The highest BCUT2D eigenvalue weighted by molar-refractivity contribution is 5.94. The first-order chi connectivity index (χ1) is 8.81. The zero-order valence-electron chi connectivity index (χ0n) is 11.1. The van der Waals surface area contributed by atoms with Crippen molar-refractivity contribution in [1.29, 1.82) is 0 Å². The zero-order chi connectivity index (χ0) is 13.0. The standard InChI is InChI=1S/C15H20N2O/c1-3-9-17(4-2)15-14-8-6-5-7-13(14)12(11-18)10-16-15/h5-8,10,18H,3-4,9,11H2,1-2H3. The molecule has 0 saturated heterocycles. The number of aromatic nitrogens is 1. The van der Waals surface area contributed by atoms with Gasteiger partial charge in [0.15, 0.2) is 0 Å². The molecule has 0 bridgehead atoms. The predicted octanol–water partition coefficient (Wildman–Crippen LogP) is 2.96. The summed E-state index contributed by atoms with van der Waals surface area (Å²) in [5.74, 6) is 1.02. The van der Waals surface area contributed by atoms with Gasteiger partial charge < -0.3 is 10.0 Å². The second-order valence-corrected chi connectivity index (χ2v) is 4.39. The van der Waals surface area contributed by atoms with Crippen LogP contribution in [0.4, 0.5) is 5.82 Å². The van der Waals surface area contributed by atoms with Crippen molar-refractivity contribution in [1.82, 2.24) is 4.98 Å². The number of fused-ring (bicyclic) bond motifs is 1. The van der Waals surface area contributed by atoms with Gasteiger partial charge in [-0.1, -0.05) is 31.2 Å². The predicted molar refractivity (Wildman–Crippen MR) is 75.8 cm³/mol. The maximum atomic E-state index is 9.37. The van der Waals surface area contributed by atoms with Crippen molar-refractivity contribution in [2.24, 2.45) is 0 Å². The third-order valence-electron chi connectivity index (χ3n) is 3.20. The van der Waals surface area contributed by atoms with Crippen molar-refractivity contribution in [3.8, 4) is 0 Å². The molecule has 1 aromatic carbocycles. The summed E-state index contributed by atoms with van der Waals surface area (Å²) in [6, 6.07) is 8.15. The number of benzene rings is 1. The number of hydrogen-bond acceptors (Lipinski definition) is 3. The molecule has 0 aliphatic carbocycles. The molecule has 1 N–H and O–H groups in total. The number of nitrogens with zero attached hydrogens (tertiary/aromatic N) is 2. The van der Waals surface area contributed by atoms with E-state index in [1.54, 1.807) is 6.20 Å². The van der Waals surface area contributed by atoms with E-state index in [1.165, 1.54) is 0 Å². The summed E-state index contributed by atoms with van der Waals surface area (Å²) in [5, 5.41) is 11.6. The molecule has 0 aliphatic heterocycles. The van der Waals surface area contributed by atoms with Crippen molar-refractivity contribution in [2.75, 3.05) is 18.0 Å². The molecule has 1 heterocycles. The number of anilines is 1. The molecule has 0 aliphatic rings. The minimum absolute atomic E-state index is 0.0354.